The summed E-state index contributed by atoms with van der Waals surface area (Å²) in [5.74, 6) is 0.00824. The highest BCUT2D eigenvalue weighted by atomic mass is 16.1. The number of rotatable bonds is 3. The monoisotopic (exact) mass is 243 g/mol. The van der Waals surface area contributed by atoms with E-state index in [-0.39, 0.29) is 5.91 Å². The average molecular weight is 243 g/mol. The summed E-state index contributed by atoms with van der Waals surface area (Å²) in [5.41, 5.74) is 1.74. The number of aromatic amines is 1. The maximum absolute atomic E-state index is 12.2. The Bertz CT molecular complexity index is 555. The largest absolute Gasteiger partial charge is 0.361 e. The molecule has 94 valence electrons. The Morgan fingerprint density at radius 1 is 1.39 bits per heavy atom. The fraction of sp³-hybridized carbons (Fsp3) is 0.357. The minimum Gasteiger partial charge on any atom is -0.361 e. The van der Waals surface area contributed by atoms with Gasteiger partial charge in [-0.3, -0.25) is 4.79 Å². The Kier molecular flexibility index (Phi) is 3.02. The topological polar surface area (TPSA) is 56.9 Å². The van der Waals surface area contributed by atoms with Crippen molar-refractivity contribution < 1.29 is 4.79 Å². The fourth-order valence-electron chi connectivity index (χ4n) is 2.53. The van der Waals surface area contributed by atoms with Crippen LogP contribution in [-0.4, -0.2) is 30.0 Å². The SMILES string of the molecule is O=C(NCC1CCCN1)c1cccc2[nH]ccc12. The van der Waals surface area contributed by atoms with Gasteiger partial charge >= 0.3 is 0 Å². The van der Waals surface area contributed by atoms with Crippen molar-refractivity contribution in [1.82, 2.24) is 15.6 Å². The molecule has 3 N–H and O–H groups in total. The van der Waals surface area contributed by atoms with Gasteiger partial charge in [-0.05, 0) is 37.6 Å². The molecule has 0 radical (unpaired) electrons. The number of fused-ring (bicyclic) bond motifs is 1. The normalized spacial score (nSPS) is 19.2. The van der Waals surface area contributed by atoms with Crippen molar-refractivity contribution in [1.29, 1.82) is 0 Å². The zero-order chi connectivity index (χ0) is 12.4. The number of H-pyrrole nitrogens is 1. The summed E-state index contributed by atoms with van der Waals surface area (Å²) in [4.78, 5) is 15.3. The van der Waals surface area contributed by atoms with E-state index in [1.807, 2.05) is 30.5 Å². The van der Waals surface area contributed by atoms with Gasteiger partial charge in [-0.25, -0.2) is 0 Å². The average Bonchev–Trinajstić information content (AvgIpc) is 3.05. The van der Waals surface area contributed by atoms with Gasteiger partial charge in [-0.15, -0.1) is 0 Å². The summed E-state index contributed by atoms with van der Waals surface area (Å²) >= 11 is 0. The lowest BCUT2D eigenvalue weighted by atomic mass is 10.1. The van der Waals surface area contributed by atoms with Crippen molar-refractivity contribution in [2.45, 2.75) is 18.9 Å². The van der Waals surface area contributed by atoms with Crippen molar-refractivity contribution in [3.05, 3.63) is 36.0 Å². The molecule has 0 aliphatic carbocycles. The number of nitrogens with one attached hydrogen (secondary N) is 3. The first kappa shape index (κ1) is 11.3. The van der Waals surface area contributed by atoms with Gasteiger partial charge in [0.15, 0.2) is 0 Å². The van der Waals surface area contributed by atoms with Crippen LogP contribution in [-0.2, 0) is 0 Å². The van der Waals surface area contributed by atoms with Gasteiger partial charge in [0.05, 0.1) is 0 Å². The van der Waals surface area contributed by atoms with Crippen LogP contribution in [0.4, 0.5) is 0 Å². The predicted molar refractivity (Wildman–Crippen MR) is 71.7 cm³/mol. The molecule has 1 fully saturated rings. The fourth-order valence-corrected chi connectivity index (χ4v) is 2.53. The molecule has 18 heavy (non-hydrogen) atoms. The molecular formula is C14H17N3O. The van der Waals surface area contributed by atoms with Crippen LogP contribution >= 0.6 is 0 Å². The Morgan fingerprint density at radius 3 is 3.17 bits per heavy atom. The standard InChI is InChI=1S/C14H17N3O/c18-14(17-9-10-3-2-7-15-10)12-4-1-5-13-11(12)6-8-16-13/h1,4-6,8,10,15-16H,2-3,7,9H2,(H,17,18). The van der Waals surface area contributed by atoms with Gasteiger partial charge in [0.1, 0.15) is 0 Å². The molecular weight excluding hydrogens is 226 g/mol. The second-order valence-electron chi connectivity index (χ2n) is 4.75. The summed E-state index contributed by atoms with van der Waals surface area (Å²) in [7, 11) is 0. The van der Waals surface area contributed by atoms with Crippen LogP contribution in [0.3, 0.4) is 0 Å². The van der Waals surface area contributed by atoms with E-state index in [9.17, 15) is 4.79 Å². The predicted octanol–water partition coefficient (Wildman–Crippen LogP) is 1.65. The molecule has 0 bridgehead atoms. The lowest BCUT2D eigenvalue weighted by Gasteiger charge is -2.11. The summed E-state index contributed by atoms with van der Waals surface area (Å²) in [6, 6.07) is 8.12. The van der Waals surface area contributed by atoms with Crippen LogP contribution in [0.5, 0.6) is 0 Å². The van der Waals surface area contributed by atoms with E-state index < -0.39 is 0 Å². The van der Waals surface area contributed by atoms with E-state index in [0.717, 1.165) is 29.4 Å². The number of hydrogen-bond donors (Lipinski definition) is 3. The third-order valence-corrected chi connectivity index (χ3v) is 3.51. The third-order valence-electron chi connectivity index (χ3n) is 3.51. The van der Waals surface area contributed by atoms with Crippen LogP contribution in [0, 0.1) is 0 Å². The summed E-state index contributed by atoms with van der Waals surface area (Å²) in [6.45, 7) is 1.77. The molecule has 2 aromatic rings. The van der Waals surface area contributed by atoms with Crippen molar-refractivity contribution in [2.24, 2.45) is 0 Å². The molecule has 0 spiro atoms. The lowest BCUT2D eigenvalue weighted by Crippen LogP contribution is -2.37. The number of benzene rings is 1. The van der Waals surface area contributed by atoms with Gasteiger partial charge in [-0.1, -0.05) is 6.07 Å². The molecule has 1 atom stereocenters. The molecule has 3 rings (SSSR count). The maximum atomic E-state index is 12.2. The summed E-state index contributed by atoms with van der Waals surface area (Å²) in [5, 5.41) is 7.36. The van der Waals surface area contributed by atoms with Crippen LogP contribution in [0.1, 0.15) is 23.2 Å². The molecule has 1 amide bonds. The summed E-state index contributed by atoms with van der Waals surface area (Å²) in [6.07, 6.45) is 4.21. The second kappa shape index (κ2) is 4.82. The third kappa shape index (κ3) is 2.11. The molecule has 2 heterocycles. The first-order valence-corrected chi connectivity index (χ1v) is 6.42. The van der Waals surface area contributed by atoms with E-state index >= 15 is 0 Å². The minimum absolute atomic E-state index is 0.00824. The maximum Gasteiger partial charge on any atom is 0.252 e. The highest BCUT2D eigenvalue weighted by Gasteiger charge is 2.16. The van der Waals surface area contributed by atoms with E-state index in [4.69, 9.17) is 0 Å². The Hall–Kier alpha value is -1.81. The Balaban J connectivity index is 1.73. The summed E-state index contributed by atoms with van der Waals surface area (Å²) < 4.78 is 0. The number of carbonyl (C=O) groups is 1. The smallest absolute Gasteiger partial charge is 0.252 e. The van der Waals surface area contributed by atoms with Crippen molar-refractivity contribution in [3.8, 4) is 0 Å². The molecule has 1 aliphatic rings. The first-order valence-electron chi connectivity index (χ1n) is 6.42. The number of amides is 1. The zero-order valence-electron chi connectivity index (χ0n) is 10.2. The highest BCUT2D eigenvalue weighted by molar-refractivity contribution is 6.06. The molecule has 0 saturated carbocycles. The van der Waals surface area contributed by atoms with E-state index in [2.05, 4.69) is 15.6 Å². The number of carbonyl (C=O) groups excluding carboxylic acids is 1. The molecule has 4 nitrogen and oxygen atoms in total. The molecule has 1 saturated heterocycles. The van der Waals surface area contributed by atoms with E-state index in [0.29, 0.717) is 12.6 Å². The van der Waals surface area contributed by atoms with Gasteiger partial charge in [0, 0.05) is 35.2 Å². The van der Waals surface area contributed by atoms with Crippen LogP contribution < -0.4 is 10.6 Å². The van der Waals surface area contributed by atoms with Gasteiger partial charge in [0.2, 0.25) is 0 Å². The Labute approximate surface area is 106 Å². The second-order valence-corrected chi connectivity index (χ2v) is 4.75. The number of aromatic nitrogens is 1. The first-order chi connectivity index (χ1) is 8.84. The Morgan fingerprint density at radius 2 is 2.33 bits per heavy atom. The van der Waals surface area contributed by atoms with Gasteiger partial charge < -0.3 is 15.6 Å². The van der Waals surface area contributed by atoms with Crippen LogP contribution in [0.25, 0.3) is 10.9 Å². The van der Waals surface area contributed by atoms with E-state index in [1.54, 1.807) is 0 Å². The molecule has 1 unspecified atom stereocenters. The van der Waals surface area contributed by atoms with Gasteiger partial charge in [-0.2, -0.15) is 0 Å². The molecule has 4 heteroatoms. The van der Waals surface area contributed by atoms with Crippen LogP contribution in [0.2, 0.25) is 0 Å². The zero-order valence-corrected chi connectivity index (χ0v) is 10.2. The van der Waals surface area contributed by atoms with Gasteiger partial charge in [0.25, 0.3) is 5.91 Å². The van der Waals surface area contributed by atoms with Crippen molar-refractivity contribution in [2.75, 3.05) is 13.1 Å². The molecule has 1 aromatic carbocycles. The molecule has 1 aromatic heterocycles. The molecule has 1 aliphatic heterocycles. The lowest BCUT2D eigenvalue weighted by molar-refractivity contribution is 0.0952. The van der Waals surface area contributed by atoms with Crippen LogP contribution in [0.15, 0.2) is 30.5 Å². The highest BCUT2D eigenvalue weighted by Crippen LogP contribution is 2.17. The number of hydrogen-bond acceptors (Lipinski definition) is 2. The van der Waals surface area contributed by atoms with Crippen molar-refractivity contribution in [3.63, 3.8) is 0 Å². The quantitative estimate of drug-likeness (QED) is 0.767. The minimum atomic E-state index is 0.00824. The van der Waals surface area contributed by atoms with Crippen molar-refractivity contribution >= 4 is 16.8 Å². The van der Waals surface area contributed by atoms with E-state index in [1.165, 1.54) is 6.42 Å².